The second kappa shape index (κ2) is 3.93. The highest BCUT2D eigenvalue weighted by molar-refractivity contribution is 5.66. The number of hydrogen-bond acceptors (Lipinski definition) is 5. The fourth-order valence-corrected chi connectivity index (χ4v) is 1.89. The van der Waals surface area contributed by atoms with Crippen molar-refractivity contribution in [2.75, 3.05) is 6.54 Å². The number of rotatable bonds is 1. The van der Waals surface area contributed by atoms with E-state index in [0.29, 0.717) is 5.56 Å². The molecule has 7 heteroatoms. The van der Waals surface area contributed by atoms with Gasteiger partial charge in [0.1, 0.15) is 6.33 Å². The first-order chi connectivity index (χ1) is 7.59. The van der Waals surface area contributed by atoms with Gasteiger partial charge in [0, 0.05) is 12.6 Å². The molecule has 1 saturated heterocycles. The Morgan fingerprint density at radius 3 is 2.94 bits per heavy atom. The number of aromatic hydroxyl groups is 1. The van der Waals surface area contributed by atoms with Crippen LogP contribution in [0.15, 0.2) is 12.5 Å². The van der Waals surface area contributed by atoms with E-state index in [1.807, 2.05) is 0 Å². The summed E-state index contributed by atoms with van der Waals surface area (Å²) in [6.45, 7) is 0.0360. The summed E-state index contributed by atoms with van der Waals surface area (Å²) in [7, 11) is 0. The minimum absolute atomic E-state index is 0.0360. The van der Waals surface area contributed by atoms with E-state index in [1.165, 1.54) is 12.5 Å². The molecule has 16 heavy (non-hydrogen) atoms. The highest BCUT2D eigenvalue weighted by atomic mass is 16.4. The first kappa shape index (κ1) is 10.6. The maximum Gasteiger partial charge on any atom is 0.407 e. The van der Waals surface area contributed by atoms with E-state index in [2.05, 4.69) is 9.97 Å². The fraction of sp³-hybridized carbons (Fsp3) is 0.444. The van der Waals surface area contributed by atoms with Gasteiger partial charge in [-0.2, -0.15) is 0 Å². The van der Waals surface area contributed by atoms with Gasteiger partial charge in [-0.15, -0.1) is 0 Å². The Bertz CT molecular complexity index is 411. The van der Waals surface area contributed by atoms with Crippen molar-refractivity contribution >= 4 is 6.09 Å². The Hall–Kier alpha value is -1.89. The molecule has 7 nitrogen and oxygen atoms in total. The molecule has 0 aliphatic carbocycles. The molecule has 2 rings (SSSR count). The van der Waals surface area contributed by atoms with Gasteiger partial charge in [0.15, 0.2) is 0 Å². The number of β-amino-alcohol motifs (C(OH)–C–C–N with tert-alkyl or cyclic N) is 1. The first-order valence-corrected chi connectivity index (χ1v) is 4.76. The van der Waals surface area contributed by atoms with E-state index in [4.69, 9.17) is 5.11 Å². The largest absolute Gasteiger partial charge is 0.493 e. The monoisotopic (exact) mass is 225 g/mol. The summed E-state index contributed by atoms with van der Waals surface area (Å²) >= 11 is 0. The maximum atomic E-state index is 10.9. The van der Waals surface area contributed by atoms with Crippen LogP contribution in [0.3, 0.4) is 0 Å². The zero-order valence-corrected chi connectivity index (χ0v) is 8.32. The number of carbonyl (C=O) groups is 1. The number of amides is 1. The molecule has 0 radical (unpaired) electrons. The topological polar surface area (TPSA) is 107 Å². The minimum atomic E-state index is -1.13. The number of nitrogens with zero attached hydrogens (tertiary/aromatic N) is 3. The van der Waals surface area contributed by atoms with E-state index in [-0.39, 0.29) is 18.8 Å². The SMILES string of the molecule is O=C(O)N1C[C@H](O)CC1c1cncnc1O. The van der Waals surface area contributed by atoms with Crippen molar-refractivity contribution in [2.45, 2.75) is 18.6 Å². The molecule has 1 aromatic heterocycles. The number of aliphatic hydroxyl groups excluding tert-OH is 1. The molecule has 1 fully saturated rings. The van der Waals surface area contributed by atoms with Crippen molar-refractivity contribution in [3.8, 4) is 5.88 Å². The highest BCUT2D eigenvalue weighted by Gasteiger charge is 2.37. The van der Waals surface area contributed by atoms with Crippen LogP contribution in [-0.2, 0) is 0 Å². The molecule has 2 atom stereocenters. The molecule has 2 heterocycles. The van der Waals surface area contributed by atoms with Crippen LogP contribution in [0.5, 0.6) is 5.88 Å². The van der Waals surface area contributed by atoms with Crippen molar-refractivity contribution in [1.29, 1.82) is 0 Å². The normalized spacial score (nSPS) is 24.7. The third kappa shape index (κ3) is 1.76. The van der Waals surface area contributed by atoms with Crippen molar-refractivity contribution in [2.24, 2.45) is 0 Å². The van der Waals surface area contributed by atoms with Crippen LogP contribution in [0.1, 0.15) is 18.0 Å². The summed E-state index contributed by atoms with van der Waals surface area (Å²) in [6.07, 6.45) is 0.925. The van der Waals surface area contributed by atoms with Gasteiger partial charge in [-0.25, -0.2) is 14.8 Å². The van der Waals surface area contributed by atoms with Crippen molar-refractivity contribution < 1.29 is 20.1 Å². The molecule has 1 aliphatic heterocycles. The van der Waals surface area contributed by atoms with Gasteiger partial charge in [0.2, 0.25) is 5.88 Å². The summed E-state index contributed by atoms with van der Waals surface area (Å²) in [4.78, 5) is 19.3. The second-order valence-electron chi connectivity index (χ2n) is 3.64. The van der Waals surface area contributed by atoms with Crippen LogP contribution in [0.4, 0.5) is 4.79 Å². The molecule has 86 valence electrons. The lowest BCUT2D eigenvalue weighted by Gasteiger charge is -2.20. The van der Waals surface area contributed by atoms with Crippen LogP contribution < -0.4 is 0 Å². The van der Waals surface area contributed by atoms with Gasteiger partial charge in [-0.1, -0.05) is 0 Å². The average molecular weight is 225 g/mol. The Balaban J connectivity index is 2.33. The zero-order valence-electron chi connectivity index (χ0n) is 8.32. The number of aromatic nitrogens is 2. The Morgan fingerprint density at radius 2 is 2.31 bits per heavy atom. The molecule has 0 spiro atoms. The molecular formula is C9H11N3O4. The minimum Gasteiger partial charge on any atom is -0.493 e. The van der Waals surface area contributed by atoms with Crippen LogP contribution in [0.2, 0.25) is 0 Å². The van der Waals surface area contributed by atoms with Gasteiger partial charge in [0.25, 0.3) is 0 Å². The fourth-order valence-electron chi connectivity index (χ4n) is 1.89. The predicted octanol–water partition coefficient (Wildman–Crippen LogP) is -0.0321. The van der Waals surface area contributed by atoms with Crippen LogP contribution in [0, 0.1) is 0 Å². The van der Waals surface area contributed by atoms with Crippen LogP contribution >= 0.6 is 0 Å². The van der Waals surface area contributed by atoms with Gasteiger partial charge in [0.05, 0.1) is 24.3 Å². The number of aliphatic hydroxyl groups is 1. The van der Waals surface area contributed by atoms with Crippen molar-refractivity contribution in [1.82, 2.24) is 14.9 Å². The molecular weight excluding hydrogens is 214 g/mol. The van der Waals surface area contributed by atoms with E-state index in [0.717, 1.165) is 4.90 Å². The molecule has 1 amide bonds. The highest BCUT2D eigenvalue weighted by Crippen LogP contribution is 2.34. The van der Waals surface area contributed by atoms with E-state index in [9.17, 15) is 15.0 Å². The summed E-state index contributed by atoms with van der Waals surface area (Å²) < 4.78 is 0. The predicted molar refractivity (Wildman–Crippen MR) is 51.8 cm³/mol. The molecule has 3 N–H and O–H groups in total. The number of likely N-dealkylation sites (tertiary alicyclic amines) is 1. The van der Waals surface area contributed by atoms with Crippen molar-refractivity contribution in [3.05, 3.63) is 18.1 Å². The van der Waals surface area contributed by atoms with Crippen molar-refractivity contribution in [3.63, 3.8) is 0 Å². The lowest BCUT2D eigenvalue weighted by atomic mass is 10.1. The average Bonchev–Trinajstić information content (AvgIpc) is 2.61. The number of carboxylic acid groups (broad SMARTS) is 1. The quantitative estimate of drug-likeness (QED) is 0.619. The molecule has 1 unspecified atom stereocenters. The summed E-state index contributed by atoms with van der Waals surface area (Å²) in [5.74, 6) is -0.250. The third-order valence-electron chi connectivity index (χ3n) is 2.60. The Kier molecular flexibility index (Phi) is 2.61. The van der Waals surface area contributed by atoms with Gasteiger partial charge >= 0.3 is 6.09 Å². The van der Waals surface area contributed by atoms with E-state index >= 15 is 0 Å². The Labute approximate surface area is 91.0 Å². The molecule has 1 aromatic rings. The second-order valence-corrected chi connectivity index (χ2v) is 3.64. The van der Waals surface area contributed by atoms with Crippen LogP contribution in [-0.4, -0.2) is 48.9 Å². The maximum absolute atomic E-state index is 10.9. The summed E-state index contributed by atoms with van der Waals surface area (Å²) in [6, 6.07) is -0.589. The molecule has 0 bridgehead atoms. The van der Waals surface area contributed by atoms with Crippen LogP contribution in [0.25, 0.3) is 0 Å². The molecule has 1 aliphatic rings. The standard InChI is InChI=1S/C9H11N3O4/c13-5-1-7(12(3-5)9(15)16)6-2-10-4-11-8(6)14/h2,4-5,7,13H,1,3H2,(H,15,16)(H,10,11,14)/t5-,7?/m1/s1. The zero-order chi connectivity index (χ0) is 11.7. The summed E-state index contributed by atoms with van der Waals surface area (Å²) in [5, 5.41) is 27.9. The molecule has 0 aromatic carbocycles. The third-order valence-corrected chi connectivity index (χ3v) is 2.60. The smallest absolute Gasteiger partial charge is 0.407 e. The lowest BCUT2D eigenvalue weighted by Crippen LogP contribution is -2.30. The van der Waals surface area contributed by atoms with Gasteiger partial charge < -0.3 is 15.3 Å². The lowest BCUT2D eigenvalue weighted by molar-refractivity contribution is 0.131. The Morgan fingerprint density at radius 1 is 1.56 bits per heavy atom. The number of hydrogen-bond donors (Lipinski definition) is 3. The van der Waals surface area contributed by atoms with E-state index < -0.39 is 18.2 Å². The van der Waals surface area contributed by atoms with E-state index in [1.54, 1.807) is 0 Å². The molecule has 0 saturated carbocycles. The first-order valence-electron chi connectivity index (χ1n) is 4.76. The van der Waals surface area contributed by atoms with Gasteiger partial charge in [-0.3, -0.25) is 4.90 Å². The van der Waals surface area contributed by atoms with Gasteiger partial charge in [-0.05, 0) is 0 Å². The summed E-state index contributed by atoms with van der Waals surface area (Å²) in [5.41, 5.74) is 0.321.